The second-order valence-electron chi connectivity index (χ2n) is 5.17. The number of hydrogen-bond donors (Lipinski definition) is 2. The summed E-state index contributed by atoms with van der Waals surface area (Å²) in [4.78, 5) is 12.1. The minimum atomic E-state index is -3.31. The lowest BCUT2D eigenvalue weighted by Gasteiger charge is -2.09. The van der Waals surface area contributed by atoms with Crippen LogP contribution >= 0.6 is 11.6 Å². The van der Waals surface area contributed by atoms with Crippen LogP contribution in [0.5, 0.6) is 0 Å². The van der Waals surface area contributed by atoms with E-state index in [0.717, 1.165) is 17.5 Å². The molecule has 23 heavy (non-hydrogen) atoms. The fourth-order valence-electron chi connectivity index (χ4n) is 1.89. The first-order valence-electron chi connectivity index (χ1n) is 6.86. The van der Waals surface area contributed by atoms with Crippen LogP contribution in [0.15, 0.2) is 47.4 Å². The minimum Gasteiger partial charge on any atom is -0.376 e. The molecule has 2 N–H and O–H groups in total. The van der Waals surface area contributed by atoms with E-state index in [1.165, 1.54) is 12.1 Å². The lowest BCUT2D eigenvalue weighted by atomic mass is 10.2. The van der Waals surface area contributed by atoms with Gasteiger partial charge < -0.3 is 10.6 Å². The second-order valence-corrected chi connectivity index (χ2v) is 7.59. The number of carbonyl (C=O) groups is 1. The first kappa shape index (κ1) is 17.3. The van der Waals surface area contributed by atoms with Gasteiger partial charge in [-0.25, -0.2) is 8.42 Å². The van der Waals surface area contributed by atoms with Gasteiger partial charge in [-0.3, -0.25) is 4.79 Å². The number of anilines is 2. The van der Waals surface area contributed by atoms with Gasteiger partial charge in [0.05, 0.1) is 11.4 Å². The van der Waals surface area contributed by atoms with E-state index in [0.29, 0.717) is 10.7 Å². The van der Waals surface area contributed by atoms with E-state index in [1.807, 2.05) is 19.1 Å². The molecule has 7 heteroatoms. The smallest absolute Gasteiger partial charge is 0.243 e. The highest BCUT2D eigenvalue weighted by Crippen LogP contribution is 2.20. The molecule has 2 rings (SSSR count). The van der Waals surface area contributed by atoms with Gasteiger partial charge in [0.15, 0.2) is 9.84 Å². The van der Waals surface area contributed by atoms with E-state index < -0.39 is 9.84 Å². The normalized spacial score (nSPS) is 11.1. The molecule has 0 aliphatic carbocycles. The van der Waals surface area contributed by atoms with Crippen LogP contribution in [0.1, 0.15) is 5.56 Å². The van der Waals surface area contributed by atoms with Crippen LogP contribution < -0.4 is 10.6 Å². The Hall–Kier alpha value is -2.05. The van der Waals surface area contributed by atoms with Gasteiger partial charge in [-0.1, -0.05) is 23.7 Å². The fourth-order valence-corrected chi connectivity index (χ4v) is 2.74. The van der Waals surface area contributed by atoms with Crippen molar-refractivity contribution in [3.63, 3.8) is 0 Å². The first-order valence-corrected chi connectivity index (χ1v) is 9.12. The highest BCUT2D eigenvalue weighted by Gasteiger charge is 2.09. The monoisotopic (exact) mass is 352 g/mol. The Morgan fingerprint density at radius 3 is 2.52 bits per heavy atom. The van der Waals surface area contributed by atoms with Gasteiger partial charge in [-0.05, 0) is 42.8 Å². The van der Waals surface area contributed by atoms with Gasteiger partial charge in [-0.2, -0.15) is 0 Å². The molecular weight excluding hydrogens is 336 g/mol. The quantitative estimate of drug-likeness (QED) is 0.867. The number of halogens is 1. The zero-order valence-corrected chi connectivity index (χ0v) is 14.3. The molecule has 0 saturated heterocycles. The van der Waals surface area contributed by atoms with Crippen LogP contribution in [-0.4, -0.2) is 27.1 Å². The van der Waals surface area contributed by atoms with Crippen LogP contribution in [-0.2, 0) is 14.6 Å². The lowest BCUT2D eigenvalue weighted by Crippen LogP contribution is -2.21. The summed E-state index contributed by atoms with van der Waals surface area (Å²) in [6.07, 6.45) is 1.12. The van der Waals surface area contributed by atoms with Gasteiger partial charge in [0, 0.05) is 22.7 Å². The van der Waals surface area contributed by atoms with Crippen molar-refractivity contribution in [1.29, 1.82) is 0 Å². The number of benzene rings is 2. The molecule has 0 spiro atoms. The maximum atomic E-state index is 11.9. The van der Waals surface area contributed by atoms with E-state index in [4.69, 9.17) is 11.6 Å². The Bertz CT molecular complexity index is 835. The Morgan fingerprint density at radius 1 is 1.13 bits per heavy atom. The summed E-state index contributed by atoms with van der Waals surface area (Å²) in [6.45, 7) is 1.94. The summed E-state index contributed by atoms with van der Waals surface area (Å²) >= 11 is 6.02. The van der Waals surface area contributed by atoms with Crippen molar-refractivity contribution in [2.75, 3.05) is 23.4 Å². The third-order valence-electron chi connectivity index (χ3n) is 3.17. The van der Waals surface area contributed by atoms with Crippen LogP contribution in [0, 0.1) is 6.92 Å². The van der Waals surface area contributed by atoms with Crippen LogP contribution in [0.2, 0.25) is 5.02 Å². The second kappa shape index (κ2) is 7.02. The van der Waals surface area contributed by atoms with Crippen molar-refractivity contribution in [3.8, 4) is 0 Å². The van der Waals surface area contributed by atoms with E-state index in [2.05, 4.69) is 10.6 Å². The zero-order valence-electron chi connectivity index (χ0n) is 12.8. The number of rotatable bonds is 5. The van der Waals surface area contributed by atoms with E-state index in [-0.39, 0.29) is 17.3 Å². The van der Waals surface area contributed by atoms with E-state index in [1.54, 1.807) is 18.2 Å². The molecule has 5 nitrogen and oxygen atoms in total. The summed E-state index contributed by atoms with van der Waals surface area (Å²) < 4.78 is 23.0. The Morgan fingerprint density at radius 2 is 1.87 bits per heavy atom. The number of hydrogen-bond acceptors (Lipinski definition) is 4. The molecule has 0 aliphatic heterocycles. The maximum Gasteiger partial charge on any atom is 0.243 e. The predicted octanol–water partition coefficient (Wildman–Crippen LogP) is 3.10. The van der Waals surface area contributed by atoms with Crippen LogP contribution in [0.3, 0.4) is 0 Å². The van der Waals surface area contributed by atoms with Crippen LogP contribution in [0.4, 0.5) is 11.4 Å². The number of carbonyl (C=O) groups excluding carboxylic acids is 1. The summed E-state index contributed by atoms with van der Waals surface area (Å²) in [5, 5.41) is 6.24. The molecule has 122 valence electrons. The van der Waals surface area contributed by atoms with Gasteiger partial charge in [-0.15, -0.1) is 0 Å². The van der Waals surface area contributed by atoms with Crippen molar-refractivity contribution in [2.24, 2.45) is 0 Å². The zero-order chi connectivity index (χ0) is 17.0. The maximum absolute atomic E-state index is 11.9. The molecule has 0 heterocycles. The predicted molar refractivity (Wildman–Crippen MR) is 92.9 cm³/mol. The summed E-state index contributed by atoms with van der Waals surface area (Å²) in [5.41, 5.74) is 2.13. The Kier molecular flexibility index (Phi) is 5.28. The standard InChI is InChI=1S/C16H17ClN2O3S/c1-11-6-7-12(9-15(11)17)18-10-16(20)19-13-4-3-5-14(8-13)23(2,21)22/h3-9,18H,10H2,1-2H3,(H,19,20). The van der Waals surface area contributed by atoms with Crippen LogP contribution in [0.25, 0.3) is 0 Å². The summed E-state index contributed by atoms with van der Waals surface area (Å²) in [5.74, 6) is -0.285. The molecule has 0 aromatic heterocycles. The molecule has 0 saturated carbocycles. The highest BCUT2D eigenvalue weighted by atomic mass is 35.5. The van der Waals surface area contributed by atoms with E-state index in [9.17, 15) is 13.2 Å². The summed E-state index contributed by atoms with van der Waals surface area (Å²) in [6, 6.07) is 11.6. The molecule has 0 unspecified atom stereocenters. The Balaban J connectivity index is 1.98. The number of sulfone groups is 1. The number of aryl methyl sites for hydroxylation is 1. The molecule has 0 atom stereocenters. The van der Waals surface area contributed by atoms with Gasteiger partial charge in [0.1, 0.15) is 0 Å². The largest absolute Gasteiger partial charge is 0.376 e. The Labute approximate surface area is 140 Å². The molecule has 1 amide bonds. The SMILES string of the molecule is Cc1ccc(NCC(=O)Nc2cccc(S(C)(=O)=O)c2)cc1Cl. The summed E-state index contributed by atoms with van der Waals surface area (Å²) in [7, 11) is -3.31. The first-order chi connectivity index (χ1) is 10.8. The van der Waals surface area contributed by atoms with Gasteiger partial charge in [0.2, 0.25) is 5.91 Å². The molecule has 0 fully saturated rings. The minimum absolute atomic E-state index is 0.0441. The molecular formula is C16H17ClN2O3S. The van der Waals surface area contributed by atoms with Crippen molar-refractivity contribution in [1.82, 2.24) is 0 Å². The third-order valence-corrected chi connectivity index (χ3v) is 4.69. The molecule has 0 radical (unpaired) electrons. The number of nitrogens with one attached hydrogen (secondary N) is 2. The average Bonchev–Trinajstić information content (AvgIpc) is 2.48. The lowest BCUT2D eigenvalue weighted by molar-refractivity contribution is -0.114. The van der Waals surface area contributed by atoms with Crippen molar-refractivity contribution < 1.29 is 13.2 Å². The van der Waals surface area contributed by atoms with Gasteiger partial charge >= 0.3 is 0 Å². The van der Waals surface area contributed by atoms with Crippen molar-refractivity contribution in [3.05, 3.63) is 53.1 Å². The van der Waals surface area contributed by atoms with E-state index >= 15 is 0 Å². The molecule has 0 aliphatic rings. The van der Waals surface area contributed by atoms with Crippen molar-refractivity contribution >= 4 is 38.7 Å². The van der Waals surface area contributed by atoms with Gasteiger partial charge in [0.25, 0.3) is 0 Å². The average molecular weight is 353 g/mol. The van der Waals surface area contributed by atoms with Crippen molar-refractivity contribution in [2.45, 2.75) is 11.8 Å². The third kappa shape index (κ3) is 4.97. The topological polar surface area (TPSA) is 75.3 Å². The molecule has 2 aromatic rings. The molecule has 2 aromatic carbocycles. The molecule has 0 bridgehead atoms. The number of amides is 1. The fraction of sp³-hybridized carbons (Fsp3) is 0.188. The highest BCUT2D eigenvalue weighted by molar-refractivity contribution is 7.90.